The second-order valence-corrected chi connectivity index (χ2v) is 3.42. The predicted molar refractivity (Wildman–Crippen MR) is 61.2 cm³/mol. The molecule has 0 radical (unpaired) electrons. The number of ether oxygens (including phenoxy) is 2. The Balaban J connectivity index is 1.94. The van der Waals surface area contributed by atoms with E-state index in [2.05, 4.69) is 14.7 Å². The molecule has 0 aliphatic rings. The maximum Gasteiger partial charge on any atom is 0.373 e. The summed E-state index contributed by atoms with van der Waals surface area (Å²) >= 11 is 0. The van der Waals surface area contributed by atoms with Gasteiger partial charge >= 0.3 is 11.9 Å². The Labute approximate surface area is 108 Å². The summed E-state index contributed by atoms with van der Waals surface area (Å²) < 4.78 is 14.6. The molecule has 2 rings (SSSR count). The first-order valence-corrected chi connectivity index (χ1v) is 5.31. The number of hydrogen-bond donors (Lipinski definition) is 0. The van der Waals surface area contributed by atoms with Gasteiger partial charge in [-0.3, -0.25) is 4.98 Å². The van der Waals surface area contributed by atoms with Crippen molar-refractivity contribution in [1.29, 1.82) is 0 Å². The first-order valence-electron chi connectivity index (χ1n) is 5.31. The molecular weight excluding hydrogens is 252 g/mol. The van der Waals surface area contributed by atoms with Crippen LogP contribution in [-0.2, 0) is 16.1 Å². The molecule has 2 heterocycles. The zero-order valence-electron chi connectivity index (χ0n) is 10.0. The molecule has 0 bridgehead atoms. The molecular formula is C12H10N2O5. The summed E-state index contributed by atoms with van der Waals surface area (Å²) in [4.78, 5) is 30.2. The minimum absolute atomic E-state index is 0.0491. The highest BCUT2D eigenvalue weighted by molar-refractivity contribution is 5.87. The maximum atomic E-state index is 11.6. The largest absolute Gasteiger partial charge is 0.463 e. The number of furan rings is 1. The molecule has 7 nitrogen and oxygen atoms in total. The SMILES string of the molecule is COC(=O)c1ccc(COC(=O)c2cnccn2)o1. The van der Waals surface area contributed by atoms with Crippen LogP contribution in [0.15, 0.2) is 35.1 Å². The van der Waals surface area contributed by atoms with Crippen molar-refractivity contribution in [2.24, 2.45) is 0 Å². The number of carbonyl (C=O) groups excluding carboxylic acids is 2. The third-order valence-electron chi connectivity index (χ3n) is 2.17. The molecule has 0 aliphatic heterocycles. The predicted octanol–water partition coefficient (Wildman–Crippen LogP) is 1.21. The lowest BCUT2D eigenvalue weighted by Gasteiger charge is -2.01. The average molecular weight is 262 g/mol. The lowest BCUT2D eigenvalue weighted by molar-refractivity contribution is 0.0431. The van der Waals surface area contributed by atoms with Gasteiger partial charge in [0.15, 0.2) is 5.69 Å². The molecule has 2 aromatic heterocycles. The third kappa shape index (κ3) is 3.15. The topological polar surface area (TPSA) is 91.5 Å². The maximum absolute atomic E-state index is 11.6. The summed E-state index contributed by atoms with van der Waals surface area (Å²) in [5, 5.41) is 0. The molecule has 0 saturated heterocycles. The summed E-state index contributed by atoms with van der Waals surface area (Å²) in [6.45, 7) is -0.105. The van der Waals surface area contributed by atoms with Gasteiger partial charge in [0, 0.05) is 12.4 Å². The van der Waals surface area contributed by atoms with Crippen LogP contribution in [0.1, 0.15) is 26.8 Å². The van der Waals surface area contributed by atoms with E-state index in [-0.39, 0.29) is 18.1 Å². The van der Waals surface area contributed by atoms with E-state index < -0.39 is 11.9 Å². The number of carbonyl (C=O) groups is 2. The quantitative estimate of drug-likeness (QED) is 0.764. The van der Waals surface area contributed by atoms with Crippen molar-refractivity contribution in [3.8, 4) is 0 Å². The smallest absolute Gasteiger partial charge is 0.373 e. The second kappa shape index (κ2) is 5.76. The van der Waals surface area contributed by atoms with Crippen molar-refractivity contribution in [2.75, 3.05) is 7.11 Å². The Morgan fingerprint density at radius 1 is 1.26 bits per heavy atom. The fraction of sp³-hybridized carbons (Fsp3) is 0.167. The number of nitrogens with zero attached hydrogens (tertiary/aromatic N) is 2. The van der Waals surface area contributed by atoms with Gasteiger partial charge in [-0.2, -0.15) is 0 Å². The molecule has 0 N–H and O–H groups in total. The van der Waals surface area contributed by atoms with Gasteiger partial charge in [0.25, 0.3) is 0 Å². The van der Waals surface area contributed by atoms with E-state index >= 15 is 0 Å². The van der Waals surface area contributed by atoms with E-state index in [1.807, 2.05) is 0 Å². The molecule has 2 aromatic rings. The molecule has 19 heavy (non-hydrogen) atoms. The van der Waals surface area contributed by atoms with Crippen molar-refractivity contribution in [3.05, 3.63) is 47.9 Å². The molecule has 0 saturated carbocycles. The van der Waals surface area contributed by atoms with Gasteiger partial charge in [0.05, 0.1) is 13.3 Å². The van der Waals surface area contributed by atoms with Crippen molar-refractivity contribution in [2.45, 2.75) is 6.61 Å². The van der Waals surface area contributed by atoms with Crippen LogP contribution < -0.4 is 0 Å². The molecule has 7 heteroatoms. The van der Waals surface area contributed by atoms with E-state index in [4.69, 9.17) is 9.15 Å². The Kier molecular flexibility index (Phi) is 3.87. The van der Waals surface area contributed by atoms with Crippen LogP contribution in [0, 0.1) is 0 Å². The monoisotopic (exact) mass is 262 g/mol. The van der Waals surface area contributed by atoms with Gasteiger partial charge in [0.1, 0.15) is 12.4 Å². The minimum atomic E-state index is -0.621. The lowest BCUT2D eigenvalue weighted by Crippen LogP contribution is -2.07. The molecule has 0 spiro atoms. The van der Waals surface area contributed by atoms with E-state index in [0.29, 0.717) is 5.76 Å². The van der Waals surface area contributed by atoms with Crippen LogP contribution in [-0.4, -0.2) is 29.0 Å². The van der Waals surface area contributed by atoms with Crippen molar-refractivity contribution < 1.29 is 23.5 Å². The Morgan fingerprint density at radius 2 is 2.11 bits per heavy atom. The zero-order valence-corrected chi connectivity index (χ0v) is 10.0. The molecule has 98 valence electrons. The molecule has 0 aromatic carbocycles. The van der Waals surface area contributed by atoms with Crippen LogP contribution in [0.5, 0.6) is 0 Å². The average Bonchev–Trinajstić information content (AvgIpc) is 2.93. The van der Waals surface area contributed by atoms with Crippen LogP contribution in [0.4, 0.5) is 0 Å². The molecule has 0 aliphatic carbocycles. The molecule has 0 amide bonds. The lowest BCUT2D eigenvalue weighted by atomic mass is 10.4. The van der Waals surface area contributed by atoms with E-state index in [0.717, 1.165) is 0 Å². The fourth-order valence-electron chi connectivity index (χ4n) is 1.28. The van der Waals surface area contributed by atoms with Gasteiger partial charge in [-0.05, 0) is 12.1 Å². The molecule has 0 fully saturated rings. The minimum Gasteiger partial charge on any atom is -0.463 e. The van der Waals surface area contributed by atoms with E-state index in [1.54, 1.807) is 0 Å². The summed E-state index contributed by atoms with van der Waals surface area (Å²) in [5.41, 5.74) is 0.0993. The number of rotatable bonds is 4. The molecule has 0 unspecified atom stereocenters. The first-order chi connectivity index (χ1) is 9.20. The number of methoxy groups -OCH3 is 1. The molecule has 0 atom stereocenters. The van der Waals surface area contributed by atoms with Crippen LogP contribution in [0.2, 0.25) is 0 Å². The highest BCUT2D eigenvalue weighted by Crippen LogP contribution is 2.10. The van der Waals surface area contributed by atoms with Crippen molar-refractivity contribution in [3.63, 3.8) is 0 Å². The van der Waals surface area contributed by atoms with Gasteiger partial charge in [-0.15, -0.1) is 0 Å². The summed E-state index contributed by atoms with van der Waals surface area (Å²) in [5.74, 6) is -0.832. The second-order valence-electron chi connectivity index (χ2n) is 3.42. The fourth-order valence-corrected chi connectivity index (χ4v) is 1.28. The van der Waals surface area contributed by atoms with Crippen LogP contribution >= 0.6 is 0 Å². The van der Waals surface area contributed by atoms with Crippen LogP contribution in [0.25, 0.3) is 0 Å². The Bertz CT molecular complexity index is 579. The van der Waals surface area contributed by atoms with Gasteiger partial charge in [-0.1, -0.05) is 0 Å². The van der Waals surface area contributed by atoms with E-state index in [1.165, 1.54) is 37.8 Å². The number of hydrogen-bond acceptors (Lipinski definition) is 7. The number of esters is 2. The Hall–Kier alpha value is -2.70. The first kappa shape index (κ1) is 12.7. The van der Waals surface area contributed by atoms with E-state index in [9.17, 15) is 9.59 Å². The summed E-state index contributed by atoms with van der Waals surface area (Å²) in [6, 6.07) is 2.97. The highest BCUT2D eigenvalue weighted by atomic mass is 16.6. The Morgan fingerprint density at radius 3 is 2.79 bits per heavy atom. The van der Waals surface area contributed by atoms with Gasteiger partial charge in [0.2, 0.25) is 5.76 Å². The summed E-state index contributed by atoms with van der Waals surface area (Å²) in [6.07, 6.45) is 4.13. The van der Waals surface area contributed by atoms with Crippen molar-refractivity contribution in [1.82, 2.24) is 9.97 Å². The standard InChI is InChI=1S/C12H10N2O5/c1-17-12(16)10-3-2-8(19-10)7-18-11(15)9-6-13-4-5-14-9/h2-6H,7H2,1H3. The summed E-state index contributed by atoms with van der Waals surface area (Å²) in [7, 11) is 1.25. The zero-order chi connectivity index (χ0) is 13.7. The normalized spacial score (nSPS) is 9.95. The highest BCUT2D eigenvalue weighted by Gasteiger charge is 2.13. The van der Waals surface area contributed by atoms with Crippen molar-refractivity contribution >= 4 is 11.9 Å². The van der Waals surface area contributed by atoms with Gasteiger partial charge in [-0.25, -0.2) is 14.6 Å². The van der Waals surface area contributed by atoms with Crippen LogP contribution in [0.3, 0.4) is 0 Å². The number of aromatic nitrogens is 2. The third-order valence-corrected chi connectivity index (χ3v) is 2.17. The van der Waals surface area contributed by atoms with Gasteiger partial charge < -0.3 is 13.9 Å².